The number of nitrogens with zero attached hydrogens (tertiary/aromatic N) is 3. The number of aromatic nitrogens is 3. The third-order valence-corrected chi connectivity index (χ3v) is 4.56. The maximum absolute atomic E-state index is 5.90. The van der Waals surface area contributed by atoms with E-state index in [1.54, 1.807) is 6.20 Å². The van der Waals surface area contributed by atoms with E-state index in [2.05, 4.69) is 10.1 Å². The van der Waals surface area contributed by atoms with Crippen LogP contribution in [0.4, 0.5) is 5.69 Å². The summed E-state index contributed by atoms with van der Waals surface area (Å²) in [4.78, 5) is 4.19. The first-order valence-electron chi connectivity index (χ1n) is 6.31. The molecule has 0 amide bonds. The third-order valence-electron chi connectivity index (χ3n) is 3.03. The van der Waals surface area contributed by atoms with Gasteiger partial charge in [0.2, 0.25) is 0 Å². The molecule has 2 heterocycles. The number of anilines is 1. The average Bonchev–Trinajstić information content (AvgIpc) is 2.76. The van der Waals surface area contributed by atoms with Crippen LogP contribution in [0, 0.1) is 0 Å². The predicted molar refractivity (Wildman–Crippen MR) is 79.7 cm³/mol. The van der Waals surface area contributed by atoms with Gasteiger partial charge in [-0.25, -0.2) is 0 Å². The van der Waals surface area contributed by atoms with E-state index in [1.807, 2.05) is 39.7 Å². The minimum atomic E-state index is 0.598. The van der Waals surface area contributed by atoms with E-state index in [0.717, 1.165) is 27.8 Å². The van der Waals surface area contributed by atoms with Crippen LogP contribution in [0.15, 0.2) is 36.5 Å². The zero-order valence-corrected chi connectivity index (χ0v) is 15.6. The Bertz CT molecular complexity index is 769. The summed E-state index contributed by atoms with van der Waals surface area (Å²) >= 11 is 0.605. The van der Waals surface area contributed by atoms with Crippen molar-refractivity contribution >= 4 is 42.7 Å². The van der Waals surface area contributed by atoms with Crippen LogP contribution in [0.2, 0.25) is 0 Å². The molecule has 6 heteroatoms. The van der Waals surface area contributed by atoms with Crippen molar-refractivity contribution in [3.8, 4) is 17.1 Å². The van der Waals surface area contributed by atoms with Crippen molar-refractivity contribution in [2.45, 2.75) is 6.92 Å². The Labute approximate surface area is 132 Å². The van der Waals surface area contributed by atoms with Crippen molar-refractivity contribution in [1.82, 2.24) is 12.6 Å². The molecule has 0 spiro atoms. The summed E-state index contributed by atoms with van der Waals surface area (Å²) in [6.07, 6.45) is 1.74. The Hall–Kier alpha value is -1.64. The first-order valence-corrected chi connectivity index (χ1v) is 8.32. The number of hydrogen-bond donors (Lipinski definition) is 1. The molecule has 0 aliphatic heterocycles. The monoisotopic (exact) mass is 458 g/mol. The number of benzene rings is 1. The Kier molecular flexibility index (Phi) is 3.60. The Balaban J connectivity index is 2.18. The van der Waals surface area contributed by atoms with Crippen LogP contribution < -0.4 is 10.5 Å². The van der Waals surface area contributed by atoms with Gasteiger partial charge in [0.15, 0.2) is 0 Å². The topological polar surface area (TPSA) is 66.0 Å². The van der Waals surface area contributed by atoms with Gasteiger partial charge in [0.25, 0.3) is 0 Å². The fourth-order valence-electron chi connectivity index (χ4n) is 2.16. The second-order valence-electron chi connectivity index (χ2n) is 4.39. The summed E-state index contributed by atoms with van der Waals surface area (Å²) in [7, 11) is 0. The standard InChI is InChI=1S/C14H13N4O.Tl/c1-2-19-13-7-9(5-6-16-13)14-11-8-10(15)3-4-12(11)17-18-14;/h3-8H,2,15H2,1H3;/q-1;+1. The van der Waals surface area contributed by atoms with E-state index in [1.165, 1.54) is 0 Å². The van der Waals surface area contributed by atoms with Crippen LogP contribution in [0.1, 0.15) is 6.92 Å². The van der Waals surface area contributed by atoms with E-state index in [0.29, 0.717) is 38.6 Å². The van der Waals surface area contributed by atoms with Gasteiger partial charge in [0.05, 0.1) is 0 Å². The number of hydrogen-bond acceptors (Lipinski definition) is 4. The fraction of sp³-hybridized carbons (Fsp3) is 0.143. The van der Waals surface area contributed by atoms with E-state index in [4.69, 9.17) is 10.5 Å². The quantitative estimate of drug-likeness (QED) is 0.483. The molecule has 0 unspecified atom stereocenters. The van der Waals surface area contributed by atoms with Crippen molar-refractivity contribution in [1.29, 1.82) is 0 Å². The molecule has 0 aliphatic carbocycles. The Morgan fingerprint density at radius 2 is 2.15 bits per heavy atom. The molecule has 0 atom stereocenters. The second kappa shape index (κ2) is 5.39. The van der Waals surface area contributed by atoms with E-state index in [9.17, 15) is 0 Å². The first-order chi connectivity index (χ1) is 9.69. The zero-order valence-electron chi connectivity index (χ0n) is 11.1. The van der Waals surface area contributed by atoms with Crippen molar-refractivity contribution in [3.05, 3.63) is 36.5 Å². The van der Waals surface area contributed by atoms with Crippen LogP contribution in [0.25, 0.3) is 22.2 Å². The van der Waals surface area contributed by atoms with Gasteiger partial charge in [-0.15, -0.1) is 0 Å². The van der Waals surface area contributed by atoms with Gasteiger partial charge >= 0.3 is 133 Å². The second-order valence-corrected chi connectivity index (χ2v) is 6.29. The Morgan fingerprint density at radius 3 is 2.95 bits per heavy atom. The molecule has 0 saturated carbocycles. The van der Waals surface area contributed by atoms with Crippen molar-refractivity contribution in [3.63, 3.8) is 0 Å². The van der Waals surface area contributed by atoms with Gasteiger partial charge in [0, 0.05) is 0 Å². The summed E-state index contributed by atoms with van der Waals surface area (Å²) < 4.78 is 7.47. The molecule has 98 valence electrons. The normalized spacial score (nSPS) is 10.8. The van der Waals surface area contributed by atoms with Gasteiger partial charge in [-0.2, -0.15) is 0 Å². The van der Waals surface area contributed by atoms with Crippen LogP contribution >= 0.6 is 0 Å². The average molecular weight is 458 g/mol. The van der Waals surface area contributed by atoms with Gasteiger partial charge in [0.1, 0.15) is 0 Å². The number of ether oxygens (including phenoxy) is 1. The SMILES string of the molecule is CCOc1cc(-c2n[n]([Tl])c3ccc(N)cc23)ccn1. The molecule has 0 aliphatic rings. The summed E-state index contributed by atoms with van der Waals surface area (Å²) in [5, 5.41) is 5.72. The fourth-order valence-corrected chi connectivity index (χ4v) is 3.48. The molecule has 0 radical (unpaired) electrons. The van der Waals surface area contributed by atoms with Crippen LogP contribution in [-0.2, 0) is 0 Å². The number of pyridine rings is 1. The van der Waals surface area contributed by atoms with Gasteiger partial charge in [-0.1, -0.05) is 0 Å². The molecular weight excluding hydrogens is 445 g/mol. The van der Waals surface area contributed by atoms with E-state index < -0.39 is 0 Å². The van der Waals surface area contributed by atoms with Gasteiger partial charge in [-0.3, -0.25) is 0 Å². The molecule has 0 bridgehead atoms. The molecule has 20 heavy (non-hydrogen) atoms. The molecule has 5 nitrogen and oxygen atoms in total. The molecule has 1 aromatic carbocycles. The molecule has 2 N–H and O–H groups in total. The number of rotatable bonds is 3. The van der Waals surface area contributed by atoms with Crippen molar-refractivity contribution in [2.75, 3.05) is 12.3 Å². The molecule has 3 rings (SSSR count). The van der Waals surface area contributed by atoms with Crippen molar-refractivity contribution in [2.24, 2.45) is 0 Å². The molecule has 0 saturated heterocycles. The Morgan fingerprint density at radius 1 is 1.30 bits per heavy atom. The van der Waals surface area contributed by atoms with Crippen LogP contribution in [-0.4, -0.2) is 45.2 Å². The molecule has 3 aromatic rings. The summed E-state index contributed by atoms with van der Waals surface area (Å²) in [6.45, 7) is 2.54. The van der Waals surface area contributed by atoms with Gasteiger partial charge < -0.3 is 0 Å². The van der Waals surface area contributed by atoms with E-state index in [-0.39, 0.29) is 0 Å². The van der Waals surface area contributed by atoms with Crippen molar-refractivity contribution < 1.29 is 4.74 Å². The van der Waals surface area contributed by atoms with Crippen LogP contribution in [0.3, 0.4) is 0 Å². The molecular formula is C14H13N4OTl. The maximum atomic E-state index is 5.90. The predicted octanol–water partition coefficient (Wildman–Crippen LogP) is 2.01. The summed E-state index contributed by atoms with van der Waals surface area (Å²) in [5.74, 6) is 0.618. The molecule has 2 aromatic heterocycles. The third kappa shape index (κ3) is 2.37. The first kappa shape index (κ1) is 13.3. The molecule has 0 fully saturated rings. The summed E-state index contributed by atoms with van der Waals surface area (Å²) in [5.41, 5.74) is 9.69. The number of nitrogens with two attached hydrogens (primary N) is 1. The minimum absolute atomic E-state index is 0.598. The zero-order chi connectivity index (χ0) is 14.1. The van der Waals surface area contributed by atoms with E-state index >= 15 is 0 Å². The van der Waals surface area contributed by atoms with Gasteiger partial charge in [-0.05, 0) is 0 Å². The number of fused-ring (bicyclic) bond motifs is 1. The van der Waals surface area contributed by atoms with Crippen LogP contribution in [0.5, 0.6) is 5.88 Å². The summed E-state index contributed by atoms with van der Waals surface area (Å²) in [6, 6.07) is 9.76. The number of nitrogen functional groups attached to an aromatic ring is 1.